The first-order chi connectivity index (χ1) is 9.49. The molecule has 0 spiro atoms. The van der Waals surface area contributed by atoms with Gasteiger partial charge in [-0.2, -0.15) is 0 Å². The molecule has 112 valence electrons. The molecule has 3 unspecified atom stereocenters. The summed E-state index contributed by atoms with van der Waals surface area (Å²) in [4.78, 5) is 11.9. The summed E-state index contributed by atoms with van der Waals surface area (Å²) in [6.45, 7) is 3.91. The van der Waals surface area contributed by atoms with Crippen LogP contribution >= 0.6 is 0 Å². The Morgan fingerprint density at radius 1 is 1.50 bits per heavy atom. The third-order valence-corrected chi connectivity index (χ3v) is 4.07. The smallest absolute Gasteiger partial charge is 0.315 e. The van der Waals surface area contributed by atoms with Crippen LogP contribution in [0.3, 0.4) is 0 Å². The molecule has 0 aromatic carbocycles. The Morgan fingerprint density at radius 2 is 2.25 bits per heavy atom. The number of hydrogen-bond acceptors (Lipinski definition) is 3. The van der Waals surface area contributed by atoms with E-state index < -0.39 is 5.60 Å². The molecule has 0 radical (unpaired) electrons. The van der Waals surface area contributed by atoms with Crippen LogP contribution in [0.5, 0.6) is 0 Å². The summed E-state index contributed by atoms with van der Waals surface area (Å²) in [5.74, 6) is 0.962. The van der Waals surface area contributed by atoms with Gasteiger partial charge in [0.15, 0.2) is 0 Å². The molecule has 20 heavy (non-hydrogen) atoms. The van der Waals surface area contributed by atoms with E-state index in [-0.39, 0.29) is 18.6 Å². The zero-order valence-corrected chi connectivity index (χ0v) is 12.2. The van der Waals surface area contributed by atoms with Gasteiger partial charge in [0, 0.05) is 6.04 Å². The van der Waals surface area contributed by atoms with E-state index in [1.807, 2.05) is 0 Å². The Kier molecular flexibility index (Phi) is 4.70. The number of amides is 2. The van der Waals surface area contributed by atoms with Crippen LogP contribution in [0.15, 0.2) is 22.8 Å². The second kappa shape index (κ2) is 6.31. The largest absolute Gasteiger partial charge is 0.466 e. The van der Waals surface area contributed by atoms with Crippen molar-refractivity contribution < 1.29 is 14.3 Å². The number of urea groups is 1. The fraction of sp³-hybridized carbons (Fsp3) is 0.667. The van der Waals surface area contributed by atoms with Gasteiger partial charge in [-0.15, -0.1) is 0 Å². The molecule has 1 aliphatic rings. The summed E-state index contributed by atoms with van der Waals surface area (Å²) >= 11 is 0. The predicted molar refractivity (Wildman–Crippen MR) is 76.2 cm³/mol. The van der Waals surface area contributed by atoms with E-state index in [0.29, 0.717) is 11.7 Å². The number of rotatable bonds is 4. The number of carbonyl (C=O) groups is 1. The lowest BCUT2D eigenvalue weighted by Gasteiger charge is -2.30. The standard InChI is InChI=1S/C15H24N2O3/c1-11-6-3-4-7-12(11)17-14(18)16-10-15(2,19)13-8-5-9-20-13/h5,8-9,11-12,19H,3-4,6-7,10H2,1-2H3,(H2,16,17,18). The van der Waals surface area contributed by atoms with Crippen molar-refractivity contribution in [1.82, 2.24) is 10.6 Å². The number of nitrogens with one attached hydrogen (secondary N) is 2. The fourth-order valence-corrected chi connectivity index (χ4v) is 2.67. The third kappa shape index (κ3) is 3.76. The van der Waals surface area contributed by atoms with E-state index in [0.717, 1.165) is 12.8 Å². The van der Waals surface area contributed by atoms with E-state index in [2.05, 4.69) is 17.6 Å². The summed E-state index contributed by atoms with van der Waals surface area (Å²) in [5, 5.41) is 16.0. The van der Waals surface area contributed by atoms with Crippen LogP contribution in [-0.4, -0.2) is 23.7 Å². The maximum atomic E-state index is 11.9. The molecule has 5 heteroatoms. The van der Waals surface area contributed by atoms with Crippen molar-refractivity contribution in [3.05, 3.63) is 24.2 Å². The van der Waals surface area contributed by atoms with Gasteiger partial charge in [-0.3, -0.25) is 0 Å². The number of aliphatic hydroxyl groups is 1. The van der Waals surface area contributed by atoms with Crippen LogP contribution in [0.25, 0.3) is 0 Å². The van der Waals surface area contributed by atoms with E-state index in [4.69, 9.17) is 4.42 Å². The Morgan fingerprint density at radius 3 is 2.90 bits per heavy atom. The van der Waals surface area contributed by atoms with Gasteiger partial charge < -0.3 is 20.2 Å². The van der Waals surface area contributed by atoms with E-state index >= 15 is 0 Å². The molecular weight excluding hydrogens is 256 g/mol. The van der Waals surface area contributed by atoms with Crippen LogP contribution < -0.4 is 10.6 Å². The van der Waals surface area contributed by atoms with Crippen molar-refractivity contribution >= 4 is 6.03 Å². The lowest BCUT2D eigenvalue weighted by molar-refractivity contribution is 0.0365. The van der Waals surface area contributed by atoms with Crippen LogP contribution in [0.2, 0.25) is 0 Å². The average Bonchev–Trinajstić information content (AvgIpc) is 2.94. The first kappa shape index (κ1) is 14.9. The van der Waals surface area contributed by atoms with Gasteiger partial charge in [-0.1, -0.05) is 19.8 Å². The highest BCUT2D eigenvalue weighted by Gasteiger charge is 2.28. The van der Waals surface area contributed by atoms with E-state index in [1.54, 1.807) is 19.1 Å². The van der Waals surface area contributed by atoms with Gasteiger partial charge in [-0.25, -0.2) is 4.79 Å². The minimum Gasteiger partial charge on any atom is -0.466 e. The molecule has 0 aliphatic heterocycles. The highest BCUT2D eigenvalue weighted by Crippen LogP contribution is 2.23. The van der Waals surface area contributed by atoms with Crippen molar-refractivity contribution in [2.45, 2.75) is 51.2 Å². The lowest BCUT2D eigenvalue weighted by Crippen LogP contribution is -2.49. The summed E-state index contributed by atoms with van der Waals surface area (Å²) in [6.07, 6.45) is 6.11. The molecule has 5 nitrogen and oxygen atoms in total. The molecule has 1 aliphatic carbocycles. The van der Waals surface area contributed by atoms with Crippen molar-refractivity contribution in [3.63, 3.8) is 0 Å². The maximum Gasteiger partial charge on any atom is 0.315 e. The molecular formula is C15H24N2O3. The van der Waals surface area contributed by atoms with Gasteiger partial charge in [0.05, 0.1) is 12.8 Å². The molecule has 0 bridgehead atoms. The average molecular weight is 280 g/mol. The number of furan rings is 1. The molecule has 2 amide bonds. The van der Waals surface area contributed by atoms with Gasteiger partial charge >= 0.3 is 6.03 Å². The molecule has 2 rings (SSSR count). The second-order valence-electron chi connectivity index (χ2n) is 5.95. The Labute approximate surface area is 119 Å². The Bertz CT molecular complexity index is 428. The summed E-state index contributed by atoms with van der Waals surface area (Å²) < 4.78 is 5.18. The van der Waals surface area contributed by atoms with E-state index in [9.17, 15) is 9.90 Å². The molecule has 1 saturated carbocycles. The quantitative estimate of drug-likeness (QED) is 0.792. The minimum atomic E-state index is -1.20. The second-order valence-corrected chi connectivity index (χ2v) is 5.95. The third-order valence-electron chi connectivity index (χ3n) is 4.07. The first-order valence-corrected chi connectivity index (χ1v) is 7.30. The van der Waals surface area contributed by atoms with Crippen molar-refractivity contribution in [2.24, 2.45) is 5.92 Å². The zero-order chi connectivity index (χ0) is 14.6. The van der Waals surface area contributed by atoms with Crippen LogP contribution in [0, 0.1) is 5.92 Å². The van der Waals surface area contributed by atoms with Gasteiger partial charge in [0.25, 0.3) is 0 Å². The lowest BCUT2D eigenvalue weighted by atomic mass is 9.86. The monoisotopic (exact) mass is 280 g/mol. The summed E-state index contributed by atoms with van der Waals surface area (Å²) in [6, 6.07) is 3.42. The van der Waals surface area contributed by atoms with Crippen molar-refractivity contribution in [3.8, 4) is 0 Å². The molecule has 3 N–H and O–H groups in total. The van der Waals surface area contributed by atoms with Crippen molar-refractivity contribution in [1.29, 1.82) is 0 Å². The molecule has 1 aromatic rings. The topological polar surface area (TPSA) is 74.5 Å². The zero-order valence-electron chi connectivity index (χ0n) is 12.2. The van der Waals surface area contributed by atoms with E-state index in [1.165, 1.54) is 19.1 Å². The van der Waals surface area contributed by atoms with Gasteiger partial charge in [0.1, 0.15) is 11.4 Å². The Hall–Kier alpha value is -1.49. The van der Waals surface area contributed by atoms with Crippen LogP contribution in [-0.2, 0) is 5.60 Å². The first-order valence-electron chi connectivity index (χ1n) is 7.30. The van der Waals surface area contributed by atoms with Crippen LogP contribution in [0.4, 0.5) is 4.79 Å². The number of carbonyl (C=O) groups excluding carboxylic acids is 1. The minimum absolute atomic E-state index is 0.118. The van der Waals surface area contributed by atoms with Crippen molar-refractivity contribution in [2.75, 3.05) is 6.54 Å². The highest BCUT2D eigenvalue weighted by molar-refractivity contribution is 5.74. The summed E-state index contributed by atoms with van der Waals surface area (Å²) in [5.41, 5.74) is -1.20. The highest BCUT2D eigenvalue weighted by atomic mass is 16.4. The van der Waals surface area contributed by atoms with Crippen LogP contribution in [0.1, 0.15) is 45.3 Å². The number of hydrogen-bond donors (Lipinski definition) is 3. The molecule has 3 atom stereocenters. The maximum absolute atomic E-state index is 11.9. The molecule has 1 aromatic heterocycles. The fourth-order valence-electron chi connectivity index (χ4n) is 2.67. The molecule has 1 fully saturated rings. The predicted octanol–water partition coefficient (Wildman–Crippen LogP) is 2.37. The van der Waals surface area contributed by atoms with Gasteiger partial charge in [-0.05, 0) is 37.8 Å². The Balaban J connectivity index is 1.80. The normalized spacial score (nSPS) is 25.8. The molecule has 0 saturated heterocycles. The SMILES string of the molecule is CC1CCCCC1NC(=O)NCC(C)(O)c1ccco1. The molecule has 1 heterocycles. The van der Waals surface area contributed by atoms with Gasteiger partial charge in [0.2, 0.25) is 0 Å². The summed E-state index contributed by atoms with van der Waals surface area (Å²) in [7, 11) is 0.